The number of halogens is 1. The smallest absolute Gasteiger partial charge is 0.240 e. The molecule has 1 aromatic carbocycles. The fourth-order valence-corrected chi connectivity index (χ4v) is 1.58. The number of nitrogens with one attached hydrogen (secondary N) is 1. The number of anilines is 1. The van der Waals surface area contributed by atoms with Crippen LogP contribution in [0.3, 0.4) is 0 Å². The molecule has 1 N–H and O–H groups in total. The first kappa shape index (κ1) is 11.7. The van der Waals surface area contributed by atoms with Gasteiger partial charge in [-0.1, -0.05) is 18.2 Å². The zero-order valence-corrected chi connectivity index (χ0v) is 10.1. The Balaban J connectivity index is 2.39. The molecule has 0 spiro atoms. The molecule has 2 aromatic rings. The van der Waals surface area contributed by atoms with Crippen molar-refractivity contribution in [3.8, 4) is 5.69 Å². The number of alkyl halides is 1. The van der Waals surface area contributed by atoms with Crippen molar-refractivity contribution in [2.24, 2.45) is 0 Å². The first-order chi connectivity index (χ1) is 8.22. The highest BCUT2D eigenvalue weighted by Gasteiger charge is 2.11. The van der Waals surface area contributed by atoms with Gasteiger partial charge in [-0.25, -0.2) is 4.68 Å². The van der Waals surface area contributed by atoms with E-state index in [1.807, 2.05) is 37.3 Å². The maximum Gasteiger partial charge on any atom is 0.240 e. The van der Waals surface area contributed by atoms with Crippen LogP contribution in [-0.4, -0.2) is 21.6 Å². The number of benzene rings is 1. The van der Waals surface area contributed by atoms with Crippen molar-refractivity contribution in [1.29, 1.82) is 0 Å². The van der Waals surface area contributed by atoms with Crippen LogP contribution in [0.4, 0.5) is 5.82 Å². The van der Waals surface area contributed by atoms with Crippen molar-refractivity contribution in [1.82, 2.24) is 9.78 Å². The molecule has 0 aliphatic rings. The van der Waals surface area contributed by atoms with Gasteiger partial charge in [-0.05, 0) is 19.1 Å². The number of hydrogen-bond acceptors (Lipinski definition) is 2. The summed E-state index contributed by atoms with van der Waals surface area (Å²) in [4.78, 5) is 11.3. The summed E-state index contributed by atoms with van der Waals surface area (Å²) in [5.41, 5.74) is 1.79. The van der Waals surface area contributed by atoms with Gasteiger partial charge >= 0.3 is 0 Å². The largest absolute Gasteiger partial charge is 0.309 e. The summed E-state index contributed by atoms with van der Waals surface area (Å²) in [5.74, 6) is 0.341. The van der Waals surface area contributed by atoms with Crippen molar-refractivity contribution in [3.63, 3.8) is 0 Å². The molecule has 1 heterocycles. The number of para-hydroxylation sites is 1. The summed E-state index contributed by atoms with van der Waals surface area (Å²) >= 11 is 5.48. The molecule has 4 nitrogen and oxygen atoms in total. The minimum absolute atomic E-state index is 0.0700. The van der Waals surface area contributed by atoms with Crippen LogP contribution in [0.2, 0.25) is 0 Å². The number of carbonyl (C=O) groups is 1. The second kappa shape index (κ2) is 5.01. The molecule has 0 radical (unpaired) electrons. The van der Waals surface area contributed by atoms with Gasteiger partial charge in [0.2, 0.25) is 5.91 Å². The van der Waals surface area contributed by atoms with Gasteiger partial charge in [-0.15, -0.1) is 11.6 Å². The molecule has 0 fully saturated rings. The number of rotatable bonds is 3. The molecule has 0 bridgehead atoms. The summed E-state index contributed by atoms with van der Waals surface area (Å²) < 4.78 is 1.68. The molecular formula is C12H12ClN3O. The maximum atomic E-state index is 11.3. The first-order valence-corrected chi connectivity index (χ1v) is 5.71. The molecule has 0 aliphatic carbocycles. The Morgan fingerprint density at radius 1 is 1.41 bits per heavy atom. The molecule has 1 amide bonds. The summed E-state index contributed by atoms with van der Waals surface area (Å²) in [6, 6.07) is 9.60. The van der Waals surface area contributed by atoms with Crippen molar-refractivity contribution in [3.05, 3.63) is 42.1 Å². The Morgan fingerprint density at radius 2 is 2.12 bits per heavy atom. The lowest BCUT2D eigenvalue weighted by Gasteiger charge is -2.08. The van der Waals surface area contributed by atoms with Crippen molar-refractivity contribution in [2.75, 3.05) is 11.2 Å². The van der Waals surface area contributed by atoms with Gasteiger partial charge in [0, 0.05) is 5.56 Å². The average molecular weight is 250 g/mol. The Kier molecular flexibility index (Phi) is 3.44. The summed E-state index contributed by atoms with van der Waals surface area (Å²) in [6.07, 6.45) is 1.71. The van der Waals surface area contributed by atoms with E-state index in [-0.39, 0.29) is 11.8 Å². The minimum Gasteiger partial charge on any atom is -0.309 e. The van der Waals surface area contributed by atoms with E-state index in [9.17, 15) is 4.79 Å². The molecule has 5 heteroatoms. The number of amides is 1. The molecule has 2 rings (SSSR count). The zero-order valence-electron chi connectivity index (χ0n) is 9.35. The number of aromatic nitrogens is 2. The van der Waals surface area contributed by atoms with E-state index in [1.165, 1.54) is 0 Å². The number of aryl methyl sites for hydroxylation is 1. The van der Waals surface area contributed by atoms with Gasteiger partial charge in [0.05, 0.1) is 11.9 Å². The van der Waals surface area contributed by atoms with Crippen LogP contribution in [0.1, 0.15) is 5.56 Å². The second-order valence-corrected chi connectivity index (χ2v) is 3.87. The van der Waals surface area contributed by atoms with Crippen LogP contribution in [0.5, 0.6) is 0 Å². The molecule has 0 aliphatic heterocycles. The highest BCUT2D eigenvalue weighted by Crippen LogP contribution is 2.19. The summed E-state index contributed by atoms with van der Waals surface area (Å²) in [6.45, 7) is 1.89. The number of carbonyl (C=O) groups excluding carboxylic acids is 1. The monoisotopic (exact) mass is 249 g/mol. The Labute approximate surface area is 104 Å². The van der Waals surface area contributed by atoms with E-state index in [1.54, 1.807) is 10.9 Å². The van der Waals surface area contributed by atoms with Gasteiger partial charge in [-0.3, -0.25) is 4.79 Å². The molecule has 0 atom stereocenters. The van der Waals surface area contributed by atoms with Gasteiger partial charge in [0.15, 0.2) is 0 Å². The Bertz CT molecular complexity index is 522. The molecule has 88 valence electrons. The Morgan fingerprint density at radius 3 is 2.76 bits per heavy atom. The van der Waals surface area contributed by atoms with Crippen LogP contribution >= 0.6 is 11.6 Å². The maximum absolute atomic E-state index is 11.3. The first-order valence-electron chi connectivity index (χ1n) is 5.18. The van der Waals surface area contributed by atoms with Crippen molar-refractivity contribution in [2.45, 2.75) is 6.92 Å². The average Bonchev–Trinajstić information content (AvgIpc) is 2.72. The lowest BCUT2D eigenvalue weighted by molar-refractivity contribution is -0.114. The number of nitrogens with zero attached hydrogens (tertiary/aromatic N) is 2. The van der Waals surface area contributed by atoms with Crippen molar-refractivity contribution < 1.29 is 4.79 Å². The Hall–Kier alpha value is -1.81. The third-order valence-electron chi connectivity index (χ3n) is 2.33. The van der Waals surface area contributed by atoms with Crippen LogP contribution in [0.15, 0.2) is 36.5 Å². The standard InChI is InChI=1S/C12H12ClN3O/c1-9-8-14-16(10-5-3-2-4-6-10)12(9)15-11(17)7-13/h2-6,8H,7H2,1H3,(H,15,17). The van der Waals surface area contributed by atoms with Gasteiger partial charge in [0.25, 0.3) is 0 Å². The third kappa shape index (κ3) is 2.47. The van der Waals surface area contributed by atoms with E-state index >= 15 is 0 Å². The molecular weight excluding hydrogens is 238 g/mol. The fraction of sp³-hybridized carbons (Fsp3) is 0.167. The highest BCUT2D eigenvalue weighted by molar-refractivity contribution is 6.29. The van der Waals surface area contributed by atoms with Crippen LogP contribution in [-0.2, 0) is 4.79 Å². The second-order valence-electron chi connectivity index (χ2n) is 3.61. The summed E-state index contributed by atoms with van der Waals surface area (Å²) in [7, 11) is 0. The van der Waals surface area contributed by atoms with Crippen LogP contribution in [0, 0.1) is 6.92 Å². The predicted octanol–water partition coefficient (Wildman–Crippen LogP) is 2.36. The van der Waals surface area contributed by atoms with E-state index in [2.05, 4.69) is 10.4 Å². The lowest BCUT2D eigenvalue weighted by Crippen LogP contribution is -2.16. The molecule has 17 heavy (non-hydrogen) atoms. The molecule has 1 aromatic heterocycles. The lowest BCUT2D eigenvalue weighted by atomic mass is 10.3. The molecule has 0 saturated heterocycles. The van der Waals surface area contributed by atoms with E-state index < -0.39 is 0 Å². The highest BCUT2D eigenvalue weighted by atomic mass is 35.5. The van der Waals surface area contributed by atoms with Crippen LogP contribution < -0.4 is 5.32 Å². The summed E-state index contributed by atoms with van der Waals surface area (Å²) in [5, 5.41) is 6.97. The van der Waals surface area contributed by atoms with Crippen molar-refractivity contribution >= 4 is 23.3 Å². The third-order valence-corrected chi connectivity index (χ3v) is 2.57. The van der Waals surface area contributed by atoms with E-state index in [0.717, 1.165) is 11.3 Å². The van der Waals surface area contributed by atoms with Gasteiger partial charge in [-0.2, -0.15) is 5.10 Å². The minimum atomic E-state index is -0.243. The zero-order chi connectivity index (χ0) is 12.3. The topological polar surface area (TPSA) is 46.9 Å². The van der Waals surface area contributed by atoms with Gasteiger partial charge < -0.3 is 5.32 Å². The van der Waals surface area contributed by atoms with Gasteiger partial charge in [0.1, 0.15) is 11.7 Å². The van der Waals surface area contributed by atoms with E-state index in [0.29, 0.717) is 5.82 Å². The quantitative estimate of drug-likeness (QED) is 0.849. The SMILES string of the molecule is Cc1cnn(-c2ccccc2)c1NC(=O)CCl. The molecule has 0 saturated carbocycles. The number of hydrogen-bond donors (Lipinski definition) is 1. The fourth-order valence-electron chi connectivity index (χ4n) is 1.51. The predicted molar refractivity (Wildman–Crippen MR) is 67.7 cm³/mol. The van der Waals surface area contributed by atoms with Crippen LogP contribution in [0.25, 0.3) is 5.69 Å². The molecule has 0 unspecified atom stereocenters. The van der Waals surface area contributed by atoms with E-state index in [4.69, 9.17) is 11.6 Å². The normalized spacial score (nSPS) is 10.2.